The summed E-state index contributed by atoms with van der Waals surface area (Å²) in [4.78, 5) is 29.5. The molecule has 7 heteroatoms. The van der Waals surface area contributed by atoms with Crippen molar-refractivity contribution < 1.29 is 14.0 Å². The molecule has 0 radical (unpaired) electrons. The number of carbonyl (C=O) groups is 2. The maximum absolute atomic E-state index is 13.1. The number of likely N-dealkylation sites (tertiary alicyclic amines) is 2. The van der Waals surface area contributed by atoms with Crippen molar-refractivity contribution in [3.63, 3.8) is 0 Å². The predicted molar refractivity (Wildman–Crippen MR) is 95.8 cm³/mol. The molecule has 6 nitrogen and oxygen atoms in total. The zero-order valence-corrected chi connectivity index (χ0v) is 15.2. The van der Waals surface area contributed by atoms with E-state index in [0.29, 0.717) is 24.4 Å². The standard InChI is InChI=1S/C18H25N3O3.ClH/c22-17(20-10-8-13-6-7-14(12-20)19-13)15-4-1-2-9-21(15)18(23)16-5-3-11-24-16;/h3,5,11,13-15,19H,1-2,4,6-10,12H2;1H. The Hall–Kier alpha value is -1.53. The third kappa shape index (κ3) is 3.70. The Balaban J connectivity index is 0.00000182. The number of nitrogens with zero attached hydrogens (tertiary/aromatic N) is 2. The van der Waals surface area contributed by atoms with Crippen LogP contribution in [0.3, 0.4) is 0 Å². The Kier molecular flexibility index (Phi) is 5.69. The van der Waals surface area contributed by atoms with Gasteiger partial charge in [-0.05, 0) is 50.7 Å². The van der Waals surface area contributed by atoms with E-state index in [1.807, 2.05) is 4.90 Å². The summed E-state index contributed by atoms with van der Waals surface area (Å²) in [5.41, 5.74) is 0. The van der Waals surface area contributed by atoms with E-state index in [9.17, 15) is 9.59 Å². The molecule has 3 atom stereocenters. The smallest absolute Gasteiger partial charge is 0.290 e. The Bertz CT molecular complexity index is 607. The zero-order chi connectivity index (χ0) is 16.5. The molecule has 2 bridgehead atoms. The molecule has 25 heavy (non-hydrogen) atoms. The van der Waals surface area contributed by atoms with Gasteiger partial charge in [0, 0.05) is 31.7 Å². The number of hydrogen-bond donors (Lipinski definition) is 1. The van der Waals surface area contributed by atoms with Gasteiger partial charge < -0.3 is 19.5 Å². The minimum atomic E-state index is -0.340. The molecule has 0 aromatic carbocycles. The molecule has 3 fully saturated rings. The third-order valence-corrected chi connectivity index (χ3v) is 5.62. The van der Waals surface area contributed by atoms with E-state index >= 15 is 0 Å². The van der Waals surface area contributed by atoms with Crippen molar-refractivity contribution in [2.75, 3.05) is 19.6 Å². The molecule has 0 spiro atoms. The van der Waals surface area contributed by atoms with E-state index in [1.54, 1.807) is 17.0 Å². The van der Waals surface area contributed by atoms with Crippen LogP contribution in [-0.4, -0.2) is 59.4 Å². The van der Waals surface area contributed by atoms with Gasteiger partial charge in [-0.25, -0.2) is 0 Å². The zero-order valence-electron chi connectivity index (χ0n) is 14.4. The summed E-state index contributed by atoms with van der Waals surface area (Å²) in [5.74, 6) is 0.280. The van der Waals surface area contributed by atoms with E-state index in [1.165, 1.54) is 12.7 Å². The average Bonchev–Trinajstić information content (AvgIpc) is 3.23. The number of amides is 2. The van der Waals surface area contributed by atoms with Crippen LogP contribution in [-0.2, 0) is 4.79 Å². The molecule has 4 rings (SSSR count). The number of piperidine rings is 1. The highest BCUT2D eigenvalue weighted by Gasteiger charge is 2.38. The quantitative estimate of drug-likeness (QED) is 0.868. The van der Waals surface area contributed by atoms with E-state index in [4.69, 9.17) is 4.42 Å². The molecular weight excluding hydrogens is 342 g/mol. The largest absolute Gasteiger partial charge is 0.459 e. The summed E-state index contributed by atoms with van der Waals surface area (Å²) in [6, 6.07) is 4.02. The van der Waals surface area contributed by atoms with Crippen molar-refractivity contribution in [3.8, 4) is 0 Å². The maximum Gasteiger partial charge on any atom is 0.290 e. The maximum atomic E-state index is 13.1. The number of rotatable bonds is 2. The molecule has 0 aliphatic carbocycles. The first kappa shape index (κ1) is 18.3. The fraction of sp³-hybridized carbons (Fsp3) is 0.667. The van der Waals surface area contributed by atoms with Crippen molar-refractivity contribution in [1.29, 1.82) is 0 Å². The molecular formula is C18H26ClN3O3. The minimum absolute atomic E-state index is 0. The van der Waals surface area contributed by atoms with Gasteiger partial charge in [-0.1, -0.05) is 0 Å². The van der Waals surface area contributed by atoms with Gasteiger partial charge in [0.05, 0.1) is 6.26 Å². The Morgan fingerprint density at radius 3 is 2.72 bits per heavy atom. The van der Waals surface area contributed by atoms with E-state index in [0.717, 1.165) is 45.2 Å². The topological polar surface area (TPSA) is 65.8 Å². The van der Waals surface area contributed by atoms with E-state index in [-0.39, 0.29) is 30.3 Å². The van der Waals surface area contributed by atoms with Crippen LogP contribution in [0.5, 0.6) is 0 Å². The van der Waals surface area contributed by atoms with Gasteiger partial charge in [0.25, 0.3) is 5.91 Å². The monoisotopic (exact) mass is 367 g/mol. The molecule has 1 aromatic rings. The highest BCUT2D eigenvalue weighted by Crippen LogP contribution is 2.25. The van der Waals surface area contributed by atoms with Gasteiger partial charge >= 0.3 is 0 Å². The molecule has 2 amide bonds. The number of furan rings is 1. The molecule has 0 saturated carbocycles. The fourth-order valence-corrected chi connectivity index (χ4v) is 4.33. The summed E-state index contributed by atoms with van der Waals surface area (Å²) in [6.07, 6.45) is 7.59. The third-order valence-electron chi connectivity index (χ3n) is 5.62. The van der Waals surface area contributed by atoms with E-state index < -0.39 is 0 Å². The molecule has 3 aliphatic heterocycles. The molecule has 3 saturated heterocycles. The van der Waals surface area contributed by atoms with Crippen molar-refractivity contribution in [1.82, 2.24) is 15.1 Å². The number of carbonyl (C=O) groups excluding carboxylic acids is 2. The number of halogens is 1. The lowest BCUT2D eigenvalue weighted by Crippen LogP contribution is -2.54. The molecule has 3 aliphatic rings. The second-order valence-corrected chi connectivity index (χ2v) is 7.20. The lowest BCUT2D eigenvalue weighted by Gasteiger charge is -2.37. The van der Waals surface area contributed by atoms with Crippen LogP contribution in [0.25, 0.3) is 0 Å². The van der Waals surface area contributed by atoms with Crippen LogP contribution < -0.4 is 5.32 Å². The van der Waals surface area contributed by atoms with Crippen molar-refractivity contribution in [2.24, 2.45) is 0 Å². The second-order valence-electron chi connectivity index (χ2n) is 7.20. The highest BCUT2D eigenvalue weighted by atomic mass is 35.5. The molecule has 4 heterocycles. The van der Waals surface area contributed by atoms with Crippen LogP contribution in [0.1, 0.15) is 49.1 Å². The second kappa shape index (κ2) is 7.79. The molecule has 138 valence electrons. The fourth-order valence-electron chi connectivity index (χ4n) is 4.33. The van der Waals surface area contributed by atoms with Crippen molar-refractivity contribution >= 4 is 24.2 Å². The first-order valence-corrected chi connectivity index (χ1v) is 9.11. The predicted octanol–water partition coefficient (Wildman–Crippen LogP) is 2.05. The summed E-state index contributed by atoms with van der Waals surface area (Å²) in [6.45, 7) is 2.20. The number of hydrogen-bond acceptors (Lipinski definition) is 4. The van der Waals surface area contributed by atoms with Crippen molar-refractivity contribution in [3.05, 3.63) is 24.2 Å². The Labute approximate surface area is 154 Å². The van der Waals surface area contributed by atoms with Gasteiger partial charge in [-0.15, -0.1) is 12.4 Å². The van der Waals surface area contributed by atoms with Gasteiger partial charge in [-0.2, -0.15) is 0 Å². The van der Waals surface area contributed by atoms with Crippen LogP contribution in [0.2, 0.25) is 0 Å². The normalized spacial score (nSPS) is 29.0. The lowest BCUT2D eigenvalue weighted by molar-refractivity contribution is -0.137. The molecule has 3 unspecified atom stereocenters. The Morgan fingerprint density at radius 1 is 1.08 bits per heavy atom. The number of nitrogens with one attached hydrogen (secondary N) is 1. The van der Waals surface area contributed by atoms with E-state index in [2.05, 4.69) is 5.32 Å². The van der Waals surface area contributed by atoms with Gasteiger partial charge in [0.1, 0.15) is 6.04 Å². The van der Waals surface area contributed by atoms with Gasteiger partial charge in [-0.3, -0.25) is 9.59 Å². The SMILES string of the molecule is Cl.O=C(C1CCCCN1C(=O)c1ccco1)N1CCC2CCC(C1)N2. The number of fused-ring (bicyclic) bond motifs is 2. The van der Waals surface area contributed by atoms with Gasteiger partial charge in [0.15, 0.2) is 5.76 Å². The summed E-state index contributed by atoms with van der Waals surface area (Å²) in [5, 5.41) is 3.61. The molecule has 1 aromatic heterocycles. The van der Waals surface area contributed by atoms with Crippen LogP contribution in [0.4, 0.5) is 0 Å². The van der Waals surface area contributed by atoms with Crippen molar-refractivity contribution in [2.45, 2.75) is 56.7 Å². The highest BCUT2D eigenvalue weighted by molar-refractivity contribution is 5.95. The Morgan fingerprint density at radius 2 is 1.92 bits per heavy atom. The average molecular weight is 368 g/mol. The van der Waals surface area contributed by atoms with Gasteiger partial charge in [0.2, 0.25) is 5.91 Å². The minimum Gasteiger partial charge on any atom is -0.459 e. The first-order chi connectivity index (χ1) is 11.7. The van der Waals surface area contributed by atoms with Crippen LogP contribution >= 0.6 is 12.4 Å². The molecule has 1 N–H and O–H groups in total. The van der Waals surface area contributed by atoms with Crippen LogP contribution in [0.15, 0.2) is 22.8 Å². The summed E-state index contributed by atoms with van der Waals surface area (Å²) < 4.78 is 5.26. The lowest BCUT2D eigenvalue weighted by atomic mass is 9.99. The van der Waals surface area contributed by atoms with Crippen LogP contribution in [0, 0.1) is 0 Å². The first-order valence-electron chi connectivity index (χ1n) is 9.11. The summed E-state index contributed by atoms with van der Waals surface area (Å²) >= 11 is 0. The summed E-state index contributed by atoms with van der Waals surface area (Å²) in [7, 11) is 0.